The Balaban J connectivity index is 3.99. The molecule has 0 saturated heterocycles. The van der Waals surface area contributed by atoms with Crippen molar-refractivity contribution in [1.29, 1.82) is 0 Å². The Morgan fingerprint density at radius 1 is 1.25 bits per heavy atom. The van der Waals surface area contributed by atoms with Gasteiger partial charge in [0.05, 0.1) is 0 Å². The smallest absolute Gasteiger partial charge is 0.406 e. The minimum absolute atomic E-state index is 0.321. The van der Waals surface area contributed by atoms with Crippen LogP contribution in [-0.4, -0.2) is 6.36 Å². The maximum absolute atomic E-state index is 11.5. The van der Waals surface area contributed by atoms with E-state index < -0.39 is 12.1 Å². The molecule has 5 heteroatoms. The monoisotopic (exact) mass is 196 g/mol. The average Bonchev–Trinajstić information content (AvgIpc) is 1.79. The first-order valence-corrected chi connectivity index (χ1v) is 3.26. The van der Waals surface area contributed by atoms with Gasteiger partial charge in [0.15, 0.2) is 0 Å². The van der Waals surface area contributed by atoms with Crippen LogP contribution in [0, 0.1) is 0 Å². The first kappa shape index (κ1) is 11.2. The average molecular weight is 196 g/mol. The highest BCUT2D eigenvalue weighted by atomic mass is 32.1. The highest BCUT2D eigenvalue weighted by Crippen LogP contribution is 2.20. The Bertz CT molecular complexity index is 217. The highest BCUT2D eigenvalue weighted by Gasteiger charge is 2.30. The van der Waals surface area contributed by atoms with E-state index in [0.717, 1.165) is 6.08 Å². The van der Waals surface area contributed by atoms with Gasteiger partial charge >= 0.3 is 6.36 Å². The third-order valence-corrected chi connectivity index (χ3v) is 0.858. The fraction of sp³-hybridized carbons (Fsp3) is 0.143. The first-order valence-electron chi connectivity index (χ1n) is 2.82. The molecular weight excluding hydrogens is 189 g/mol. The fourth-order valence-corrected chi connectivity index (χ4v) is 0.446. The van der Waals surface area contributed by atoms with Crippen LogP contribution in [0.3, 0.4) is 0 Å². The number of allylic oxidation sites excluding steroid dienone is 2. The maximum atomic E-state index is 11.5. The van der Waals surface area contributed by atoms with Crippen LogP contribution in [0.15, 0.2) is 36.0 Å². The van der Waals surface area contributed by atoms with Crippen molar-refractivity contribution in [2.45, 2.75) is 6.36 Å². The SMILES string of the molecule is C=C(S)/C=C\C(=C)OC(F)(F)F. The summed E-state index contributed by atoms with van der Waals surface area (Å²) in [6.07, 6.45) is -2.42. The van der Waals surface area contributed by atoms with Crippen LogP contribution in [0.2, 0.25) is 0 Å². The molecule has 68 valence electrons. The summed E-state index contributed by atoms with van der Waals surface area (Å²) in [4.78, 5) is 0.321. The Hall–Kier alpha value is -0.840. The van der Waals surface area contributed by atoms with E-state index in [0.29, 0.717) is 4.91 Å². The molecule has 0 atom stereocenters. The lowest BCUT2D eigenvalue weighted by atomic mass is 10.4. The predicted octanol–water partition coefficient (Wildman–Crippen LogP) is 3.04. The third-order valence-electron chi connectivity index (χ3n) is 0.708. The highest BCUT2D eigenvalue weighted by molar-refractivity contribution is 7.84. The topological polar surface area (TPSA) is 9.23 Å². The molecule has 0 rings (SSSR count). The van der Waals surface area contributed by atoms with Crippen LogP contribution in [0.4, 0.5) is 13.2 Å². The van der Waals surface area contributed by atoms with E-state index in [1.165, 1.54) is 6.08 Å². The molecule has 0 spiro atoms. The summed E-state index contributed by atoms with van der Waals surface area (Å²) in [7, 11) is 0. The number of hydrogen-bond acceptors (Lipinski definition) is 2. The molecule has 0 bridgehead atoms. The number of ether oxygens (including phenoxy) is 1. The largest absolute Gasteiger partial charge is 0.573 e. The van der Waals surface area contributed by atoms with Crippen molar-refractivity contribution in [1.82, 2.24) is 0 Å². The van der Waals surface area contributed by atoms with Crippen LogP contribution >= 0.6 is 12.6 Å². The van der Waals surface area contributed by atoms with Gasteiger partial charge in [-0.15, -0.1) is 25.8 Å². The maximum Gasteiger partial charge on any atom is 0.573 e. The van der Waals surface area contributed by atoms with Gasteiger partial charge in [0.2, 0.25) is 0 Å². The lowest BCUT2D eigenvalue weighted by Crippen LogP contribution is -2.11. The van der Waals surface area contributed by atoms with Crippen LogP contribution in [0.25, 0.3) is 0 Å². The molecule has 0 radical (unpaired) electrons. The Morgan fingerprint density at radius 3 is 2.08 bits per heavy atom. The van der Waals surface area contributed by atoms with Gasteiger partial charge in [0.25, 0.3) is 0 Å². The number of hydrogen-bond donors (Lipinski definition) is 1. The number of rotatable bonds is 3. The number of thiol groups is 1. The van der Waals surface area contributed by atoms with Crippen molar-refractivity contribution in [3.63, 3.8) is 0 Å². The molecule has 0 aliphatic heterocycles. The van der Waals surface area contributed by atoms with Gasteiger partial charge in [0, 0.05) is 0 Å². The van der Waals surface area contributed by atoms with E-state index in [4.69, 9.17) is 0 Å². The van der Waals surface area contributed by atoms with Gasteiger partial charge in [-0.25, -0.2) is 0 Å². The Kier molecular flexibility index (Phi) is 3.95. The van der Waals surface area contributed by atoms with Crippen molar-refractivity contribution in [2.24, 2.45) is 0 Å². The van der Waals surface area contributed by atoms with Crippen molar-refractivity contribution >= 4 is 12.6 Å². The van der Waals surface area contributed by atoms with E-state index in [-0.39, 0.29) is 0 Å². The molecule has 0 aliphatic rings. The van der Waals surface area contributed by atoms with Gasteiger partial charge < -0.3 is 4.74 Å². The van der Waals surface area contributed by atoms with Crippen LogP contribution in [-0.2, 0) is 4.74 Å². The summed E-state index contributed by atoms with van der Waals surface area (Å²) in [6, 6.07) is 0. The van der Waals surface area contributed by atoms with Gasteiger partial charge in [0.1, 0.15) is 5.76 Å². The molecule has 0 aliphatic carbocycles. The number of alkyl halides is 3. The molecular formula is C7H7F3OS. The van der Waals surface area contributed by atoms with E-state index in [2.05, 4.69) is 30.5 Å². The quantitative estimate of drug-likeness (QED) is 0.414. The minimum Gasteiger partial charge on any atom is -0.406 e. The van der Waals surface area contributed by atoms with Gasteiger partial charge in [-0.3, -0.25) is 0 Å². The Morgan fingerprint density at radius 2 is 1.75 bits per heavy atom. The van der Waals surface area contributed by atoms with Gasteiger partial charge in [-0.05, 0) is 17.1 Å². The standard InChI is InChI=1S/C7H7F3OS/c1-5(3-4-6(2)12)11-7(8,9)10/h3-4,12H,1-2H2/b4-3-. The normalized spacial score (nSPS) is 11.7. The summed E-state index contributed by atoms with van der Waals surface area (Å²) in [6.45, 7) is 6.33. The lowest BCUT2D eigenvalue weighted by molar-refractivity contribution is -0.303. The molecule has 0 fully saturated rings. The molecule has 12 heavy (non-hydrogen) atoms. The van der Waals surface area contributed by atoms with E-state index in [1.54, 1.807) is 0 Å². The fourth-order valence-electron chi connectivity index (χ4n) is 0.372. The molecule has 0 amide bonds. The van der Waals surface area contributed by atoms with Crippen LogP contribution < -0.4 is 0 Å². The zero-order chi connectivity index (χ0) is 9.78. The summed E-state index contributed by atoms with van der Waals surface area (Å²) in [5.74, 6) is -0.502. The predicted molar refractivity (Wildman–Crippen MR) is 43.5 cm³/mol. The molecule has 0 unspecified atom stereocenters. The second-order valence-corrected chi connectivity index (χ2v) is 2.41. The molecule has 0 heterocycles. The van der Waals surface area contributed by atoms with E-state index >= 15 is 0 Å². The van der Waals surface area contributed by atoms with Crippen LogP contribution in [0.1, 0.15) is 0 Å². The Labute approximate surface area is 73.6 Å². The second kappa shape index (κ2) is 4.25. The molecule has 1 nitrogen and oxygen atoms in total. The number of halogens is 3. The van der Waals surface area contributed by atoms with Gasteiger partial charge in [-0.2, -0.15) is 0 Å². The first-order chi connectivity index (χ1) is 5.31. The molecule has 0 saturated carbocycles. The lowest BCUT2D eigenvalue weighted by Gasteiger charge is -2.07. The van der Waals surface area contributed by atoms with Crippen molar-refractivity contribution in [3.05, 3.63) is 36.0 Å². The summed E-state index contributed by atoms with van der Waals surface area (Å²) >= 11 is 3.72. The van der Waals surface area contributed by atoms with E-state index in [1.807, 2.05) is 0 Å². The summed E-state index contributed by atoms with van der Waals surface area (Å²) in [5.41, 5.74) is 0. The zero-order valence-corrected chi connectivity index (χ0v) is 6.95. The van der Waals surface area contributed by atoms with Gasteiger partial charge in [-0.1, -0.05) is 13.2 Å². The minimum atomic E-state index is -4.70. The second-order valence-electron chi connectivity index (χ2n) is 1.84. The third kappa shape index (κ3) is 7.27. The van der Waals surface area contributed by atoms with Crippen LogP contribution in [0.5, 0.6) is 0 Å². The van der Waals surface area contributed by atoms with Crippen molar-refractivity contribution in [3.8, 4) is 0 Å². The molecule has 0 N–H and O–H groups in total. The van der Waals surface area contributed by atoms with E-state index in [9.17, 15) is 13.2 Å². The summed E-state index contributed by atoms with van der Waals surface area (Å²) < 4.78 is 37.8. The molecule has 0 aromatic heterocycles. The molecule has 0 aromatic rings. The van der Waals surface area contributed by atoms with Crippen molar-refractivity contribution in [2.75, 3.05) is 0 Å². The molecule has 0 aromatic carbocycles. The zero-order valence-electron chi connectivity index (χ0n) is 6.06. The van der Waals surface area contributed by atoms with Crippen molar-refractivity contribution < 1.29 is 17.9 Å². The summed E-state index contributed by atoms with van der Waals surface area (Å²) in [5, 5.41) is 0.